The number of rotatable bonds is 9. The molecule has 40 heavy (non-hydrogen) atoms. The first-order chi connectivity index (χ1) is 19.0. The molecule has 0 bridgehead atoms. The molecule has 2 aliphatic heterocycles. The maximum Gasteiger partial charge on any atom is 0.268 e. The number of aromatic nitrogens is 1. The monoisotopic (exact) mass is 549 g/mol. The number of amides is 4. The number of hydrogen-bond acceptors (Lipinski definition) is 5. The summed E-state index contributed by atoms with van der Waals surface area (Å²) in [5.41, 5.74) is 1.72. The summed E-state index contributed by atoms with van der Waals surface area (Å²) in [6, 6.07) is 5.22. The maximum absolute atomic E-state index is 14.0. The van der Waals surface area contributed by atoms with Gasteiger partial charge in [-0.3, -0.25) is 19.2 Å². The van der Waals surface area contributed by atoms with Gasteiger partial charge in [-0.15, -0.1) is 0 Å². The summed E-state index contributed by atoms with van der Waals surface area (Å²) < 4.78 is 0. The van der Waals surface area contributed by atoms with E-state index >= 15 is 0 Å². The average molecular weight is 550 g/mol. The fraction of sp³-hybridized carbons (Fsp3) is 0.567. The zero-order chi connectivity index (χ0) is 28.8. The molecule has 1 aromatic heterocycles. The molecule has 214 valence electrons. The van der Waals surface area contributed by atoms with E-state index in [1.54, 1.807) is 11.0 Å². The van der Waals surface area contributed by atoms with E-state index in [0.717, 1.165) is 29.3 Å². The van der Waals surface area contributed by atoms with Gasteiger partial charge < -0.3 is 30.6 Å². The summed E-state index contributed by atoms with van der Waals surface area (Å²) >= 11 is 0. The first-order valence-electron chi connectivity index (χ1n) is 14.2. The van der Waals surface area contributed by atoms with E-state index in [9.17, 15) is 24.0 Å². The molecule has 3 fully saturated rings. The lowest BCUT2D eigenvalue weighted by Gasteiger charge is -2.35. The lowest BCUT2D eigenvalue weighted by molar-refractivity contribution is -0.143. The van der Waals surface area contributed by atoms with Crippen molar-refractivity contribution in [1.82, 2.24) is 25.8 Å². The molecule has 1 unspecified atom stereocenters. The summed E-state index contributed by atoms with van der Waals surface area (Å²) in [7, 11) is 0. The van der Waals surface area contributed by atoms with Crippen LogP contribution in [0.25, 0.3) is 10.9 Å². The van der Waals surface area contributed by atoms with Gasteiger partial charge in [-0.1, -0.05) is 32.9 Å². The third kappa shape index (κ3) is 5.23. The Bertz CT molecular complexity index is 1350. The van der Waals surface area contributed by atoms with E-state index in [4.69, 9.17) is 0 Å². The molecule has 0 spiro atoms. The molecule has 3 heterocycles. The predicted octanol–water partition coefficient (Wildman–Crippen LogP) is 2.07. The number of likely N-dealkylation sites (tertiary alicyclic amines) is 1. The van der Waals surface area contributed by atoms with Crippen molar-refractivity contribution in [2.75, 3.05) is 13.1 Å². The van der Waals surface area contributed by atoms with Crippen LogP contribution in [0, 0.1) is 30.1 Å². The SMILES string of the molecule is Cc1cccc2[nH]c(C(=O)NC(C(=O)N3C[C@@H](C)C(C)(C)[C@H]3C(=O)N[C@H](C=O)C[C@@H]3CCNC3=O)C3CC3)cc12. The fourth-order valence-electron chi connectivity index (χ4n) is 6.23. The third-order valence-corrected chi connectivity index (χ3v) is 9.25. The van der Waals surface area contributed by atoms with Crippen LogP contribution in [-0.4, -0.2) is 71.0 Å². The lowest BCUT2D eigenvalue weighted by Crippen LogP contribution is -2.58. The Morgan fingerprint density at radius 1 is 1.18 bits per heavy atom. The Morgan fingerprint density at radius 2 is 1.93 bits per heavy atom. The van der Waals surface area contributed by atoms with Crippen LogP contribution in [-0.2, 0) is 19.2 Å². The van der Waals surface area contributed by atoms with Crippen LogP contribution in [0.1, 0.15) is 62.5 Å². The van der Waals surface area contributed by atoms with Gasteiger partial charge in [0.1, 0.15) is 24.1 Å². The molecule has 4 amide bonds. The van der Waals surface area contributed by atoms with Gasteiger partial charge in [-0.05, 0) is 67.6 Å². The summed E-state index contributed by atoms with van der Waals surface area (Å²) in [5.74, 6) is -1.47. The topological polar surface area (TPSA) is 140 Å². The van der Waals surface area contributed by atoms with E-state index in [1.807, 2.05) is 45.9 Å². The van der Waals surface area contributed by atoms with Gasteiger partial charge in [0, 0.05) is 29.9 Å². The number of hydrogen-bond donors (Lipinski definition) is 4. The molecule has 1 saturated carbocycles. The predicted molar refractivity (Wildman–Crippen MR) is 149 cm³/mol. The number of benzene rings is 1. The van der Waals surface area contributed by atoms with Gasteiger partial charge in [0.05, 0.1) is 6.04 Å². The Morgan fingerprint density at radius 3 is 2.55 bits per heavy atom. The number of aromatic amines is 1. The van der Waals surface area contributed by atoms with Crippen molar-refractivity contribution in [3.05, 3.63) is 35.5 Å². The van der Waals surface area contributed by atoms with E-state index < -0.39 is 29.4 Å². The highest BCUT2D eigenvalue weighted by atomic mass is 16.2. The molecular weight excluding hydrogens is 510 g/mol. The average Bonchev–Trinajstić information content (AvgIpc) is 3.43. The molecule has 0 radical (unpaired) electrons. The summed E-state index contributed by atoms with van der Waals surface area (Å²) in [5, 5.41) is 9.49. The van der Waals surface area contributed by atoms with Crippen molar-refractivity contribution in [3.63, 3.8) is 0 Å². The fourth-order valence-corrected chi connectivity index (χ4v) is 6.23. The molecule has 2 saturated heterocycles. The van der Waals surface area contributed by atoms with Crippen LogP contribution in [0.4, 0.5) is 0 Å². The summed E-state index contributed by atoms with van der Waals surface area (Å²) in [6.07, 6.45) is 3.15. The van der Waals surface area contributed by atoms with Gasteiger partial charge in [0.2, 0.25) is 17.7 Å². The number of carbonyl (C=O) groups excluding carboxylic acids is 5. The van der Waals surface area contributed by atoms with Crippen molar-refractivity contribution in [3.8, 4) is 0 Å². The number of H-pyrrole nitrogens is 1. The molecule has 1 aliphatic carbocycles. The first-order valence-corrected chi connectivity index (χ1v) is 14.2. The number of nitrogens with one attached hydrogen (secondary N) is 4. The largest absolute Gasteiger partial charge is 0.356 e. The van der Waals surface area contributed by atoms with Crippen molar-refractivity contribution in [2.45, 2.75) is 71.5 Å². The Balaban J connectivity index is 1.34. The van der Waals surface area contributed by atoms with Crippen LogP contribution >= 0.6 is 0 Å². The van der Waals surface area contributed by atoms with Crippen LogP contribution in [0.3, 0.4) is 0 Å². The molecular formula is C30H39N5O5. The van der Waals surface area contributed by atoms with Crippen molar-refractivity contribution >= 4 is 40.8 Å². The highest BCUT2D eigenvalue weighted by Gasteiger charge is 2.54. The Kier molecular flexibility index (Phi) is 7.46. The number of fused-ring (bicyclic) bond motifs is 1. The van der Waals surface area contributed by atoms with Crippen molar-refractivity contribution < 1.29 is 24.0 Å². The second kappa shape index (κ2) is 10.7. The molecule has 10 heteroatoms. The lowest BCUT2D eigenvalue weighted by atomic mass is 9.77. The van der Waals surface area contributed by atoms with Gasteiger partial charge >= 0.3 is 0 Å². The highest BCUT2D eigenvalue weighted by molar-refractivity contribution is 6.01. The zero-order valence-electron chi connectivity index (χ0n) is 23.6. The van der Waals surface area contributed by atoms with Crippen molar-refractivity contribution in [2.24, 2.45) is 23.2 Å². The highest BCUT2D eigenvalue weighted by Crippen LogP contribution is 2.43. The van der Waals surface area contributed by atoms with E-state index in [-0.39, 0.29) is 41.9 Å². The van der Waals surface area contributed by atoms with Crippen molar-refractivity contribution in [1.29, 1.82) is 0 Å². The summed E-state index contributed by atoms with van der Waals surface area (Å²) in [4.78, 5) is 69.7. The molecule has 5 rings (SSSR count). The summed E-state index contributed by atoms with van der Waals surface area (Å²) in [6.45, 7) is 8.81. The number of carbonyl (C=O) groups is 5. The molecule has 10 nitrogen and oxygen atoms in total. The normalized spacial score (nSPS) is 25.4. The van der Waals surface area contributed by atoms with Crippen LogP contribution in [0.15, 0.2) is 24.3 Å². The number of nitrogens with zero attached hydrogens (tertiary/aromatic N) is 1. The quantitative estimate of drug-likeness (QED) is 0.355. The standard InChI is InChI=1S/C30H39N5O5/c1-16-6-5-7-22-21(16)13-23(33-22)27(38)34-24(18-8-9-18)29(40)35-14-17(2)30(3,4)25(35)28(39)32-20(15-36)12-19-10-11-31-26(19)37/h5-7,13,15,17-20,24-25,33H,8-12,14H2,1-4H3,(H,31,37)(H,32,39)(H,34,38)/t17-,19+,20+,24?,25-/m1/s1. The van der Waals surface area contributed by atoms with E-state index in [2.05, 4.69) is 20.9 Å². The van der Waals surface area contributed by atoms with Gasteiger partial charge in [-0.2, -0.15) is 0 Å². The second-order valence-corrected chi connectivity index (χ2v) is 12.4. The van der Waals surface area contributed by atoms with Crippen LogP contribution in [0.5, 0.6) is 0 Å². The molecule has 2 aromatic rings. The third-order valence-electron chi connectivity index (χ3n) is 9.25. The molecule has 4 N–H and O–H groups in total. The zero-order valence-corrected chi connectivity index (χ0v) is 23.6. The second-order valence-electron chi connectivity index (χ2n) is 12.4. The Hall–Kier alpha value is -3.69. The van der Waals surface area contributed by atoms with Crippen LogP contribution < -0.4 is 16.0 Å². The van der Waals surface area contributed by atoms with Crippen LogP contribution in [0.2, 0.25) is 0 Å². The van der Waals surface area contributed by atoms with E-state index in [1.165, 1.54) is 0 Å². The first kappa shape index (κ1) is 27.9. The van der Waals surface area contributed by atoms with Gasteiger partial charge in [-0.25, -0.2) is 0 Å². The molecule has 3 aliphatic rings. The van der Waals surface area contributed by atoms with Gasteiger partial charge in [0.25, 0.3) is 5.91 Å². The maximum atomic E-state index is 14.0. The number of aldehydes is 1. The Labute approximate surface area is 234 Å². The van der Waals surface area contributed by atoms with E-state index in [0.29, 0.717) is 31.5 Å². The van der Waals surface area contributed by atoms with Gasteiger partial charge in [0.15, 0.2) is 0 Å². The minimum absolute atomic E-state index is 0.00824. The molecule has 5 atom stereocenters. The minimum atomic E-state index is -0.825. The molecule has 1 aromatic carbocycles. The smallest absolute Gasteiger partial charge is 0.268 e. The number of aryl methyl sites for hydroxylation is 1. The minimum Gasteiger partial charge on any atom is -0.356 e.